The molecule has 4 heteroatoms. The number of amides is 1. The van der Waals surface area contributed by atoms with Crippen LogP contribution in [0.5, 0.6) is 0 Å². The van der Waals surface area contributed by atoms with Crippen molar-refractivity contribution in [3.05, 3.63) is 41.5 Å². The Hall–Kier alpha value is -1.81. The largest absolute Gasteiger partial charge is 0.444 e. The summed E-state index contributed by atoms with van der Waals surface area (Å²) in [5, 5.41) is 3.10. The Kier molecular flexibility index (Phi) is 4.44. The van der Waals surface area contributed by atoms with Crippen LogP contribution in [0.25, 0.3) is 6.08 Å². The van der Waals surface area contributed by atoms with Crippen LogP contribution in [0.3, 0.4) is 0 Å². The Morgan fingerprint density at radius 1 is 1.22 bits per heavy atom. The maximum absolute atomic E-state index is 12.3. The zero-order valence-corrected chi connectivity index (χ0v) is 14.2. The van der Waals surface area contributed by atoms with E-state index in [-0.39, 0.29) is 18.2 Å². The molecule has 0 unspecified atom stereocenters. The number of alkyl carbamates (subject to hydrolysis) is 1. The highest BCUT2D eigenvalue weighted by Gasteiger charge is 2.34. The van der Waals surface area contributed by atoms with Crippen LogP contribution in [0.4, 0.5) is 4.79 Å². The summed E-state index contributed by atoms with van der Waals surface area (Å²) in [6.07, 6.45) is 6.49. The summed E-state index contributed by atoms with van der Waals surface area (Å²) in [6, 6.07) is 8.39. The molecule has 1 aromatic carbocycles. The summed E-state index contributed by atoms with van der Waals surface area (Å²) in [5.41, 5.74) is 1.85. The quantitative estimate of drug-likeness (QED) is 0.904. The molecule has 0 spiro atoms. The standard InChI is InChI=1S/C19H26N2O2/c1-19(2,3)23-18(22)20-17-15-9-5-4-8-14(15)10-11-16(17)21-12-6-7-13-21/h4-5,8-11,16-17H,6-7,12-13H2,1-3H3,(H,20,22)/t16-,17-/m0/s1. The van der Waals surface area contributed by atoms with Gasteiger partial charge in [0.2, 0.25) is 0 Å². The molecule has 1 saturated heterocycles. The molecular formula is C19H26N2O2. The van der Waals surface area contributed by atoms with Crippen LogP contribution >= 0.6 is 0 Å². The van der Waals surface area contributed by atoms with Crippen molar-refractivity contribution in [2.75, 3.05) is 13.1 Å². The van der Waals surface area contributed by atoms with Gasteiger partial charge in [-0.2, -0.15) is 0 Å². The average molecular weight is 314 g/mol. The normalized spacial score (nSPS) is 24.3. The molecule has 3 rings (SSSR count). The van der Waals surface area contributed by atoms with Crippen molar-refractivity contribution in [2.45, 2.75) is 51.3 Å². The van der Waals surface area contributed by atoms with E-state index in [1.807, 2.05) is 32.9 Å². The van der Waals surface area contributed by atoms with Crippen molar-refractivity contribution in [3.8, 4) is 0 Å². The molecule has 1 aromatic rings. The lowest BCUT2D eigenvalue weighted by Crippen LogP contribution is -2.46. The summed E-state index contributed by atoms with van der Waals surface area (Å²) < 4.78 is 5.47. The monoisotopic (exact) mass is 314 g/mol. The maximum Gasteiger partial charge on any atom is 0.408 e. The highest BCUT2D eigenvalue weighted by atomic mass is 16.6. The lowest BCUT2D eigenvalue weighted by atomic mass is 9.88. The molecule has 1 fully saturated rings. The SMILES string of the molecule is CC(C)(C)OC(=O)N[C@H]1c2ccccc2C=C[C@@H]1N1CCCC1. The number of hydrogen-bond donors (Lipinski definition) is 1. The molecular weight excluding hydrogens is 288 g/mol. The number of fused-ring (bicyclic) bond motifs is 1. The van der Waals surface area contributed by atoms with Crippen molar-refractivity contribution in [2.24, 2.45) is 0 Å². The molecule has 1 aliphatic heterocycles. The maximum atomic E-state index is 12.3. The Balaban J connectivity index is 1.84. The number of rotatable bonds is 2. The van der Waals surface area contributed by atoms with Crippen molar-refractivity contribution < 1.29 is 9.53 Å². The number of benzene rings is 1. The first-order chi connectivity index (χ1) is 10.9. The van der Waals surface area contributed by atoms with Crippen LogP contribution in [0.1, 0.15) is 50.8 Å². The number of ether oxygens (including phenoxy) is 1. The second-order valence-corrected chi connectivity index (χ2v) is 7.35. The fraction of sp³-hybridized carbons (Fsp3) is 0.526. The van der Waals surface area contributed by atoms with Gasteiger partial charge in [-0.1, -0.05) is 36.4 Å². The van der Waals surface area contributed by atoms with E-state index >= 15 is 0 Å². The van der Waals surface area contributed by atoms with E-state index < -0.39 is 5.60 Å². The number of nitrogens with zero attached hydrogens (tertiary/aromatic N) is 1. The molecule has 2 atom stereocenters. The molecule has 23 heavy (non-hydrogen) atoms. The Labute approximate surface area is 138 Å². The minimum absolute atomic E-state index is 0.0656. The zero-order chi connectivity index (χ0) is 16.4. The number of carbonyl (C=O) groups excluding carboxylic acids is 1. The summed E-state index contributed by atoms with van der Waals surface area (Å²) in [5.74, 6) is 0. The van der Waals surface area contributed by atoms with Gasteiger partial charge in [0.1, 0.15) is 5.60 Å². The lowest BCUT2D eigenvalue weighted by Gasteiger charge is -2.36. The molecule has 124 valence electrons. The fourth-order valence-corrected chi connectivity index (χ4v) is 3.41. The number of likely N-dealkylation sites (tertiary alicyclic amines) is 1. The average Bonchev–Trinajstić information content (AvgIpc) is 2.99. The second-order valence-electron chi connectivity index (χ2n) is 7.35. The molecule has 0 radical (unpaired) electrons. The van der Waals surface area contributed by atoms with Gasteiger partial charge in [-0.25, -0.2) is 4.79 Å². The van der Waals surface area contributed by atoms with E-state index in [0.717, 1.165) is 18.7 Å². The van der Waals surface area contributed by atoms with Crippen LogP contribution in [0.15, 0.2) is 30.3 Å². The molecule has 1 N–H and O–H groups in total. The molecule has 2 aliphatic rings. The molecule has 1 aliphatic carbocycles. The Morgan fingerprint density at radius 3 is 2.61 bits per heavy atom. The van der Waals surface area contributed by atoms with Crippen LogP contribution in [-0.2, 0) is 4.74 Å². The van der Waals surface area contributed by atoms with Gasteiger partial charge in [-0.05, 0) is 57.8 Å². The summed E-state index contributed by atoms with van der Waals surface area (Å²) in [4.78, 5) is 14.8. The van der Waals surface area contributed by atoms with E-state index in [9.17, 15) is 4.79 Å². The Bertz CT molecular complexity index is 598. The molecule has 0 saturated carbocycles. The predicted molar refractivity (Wildman–Crippen MR) is 92.2 cm³/mol. The van der Waals surface area contributed by atoms with E-state index in [2.05, 4.69) is 34.5 Å². The van der Waals surface area contributed by atoms with Crippen molar-refractivity contribution in [1.82, 2.24) is 10.2 Å². The predicted octanol–water partition coefficient (Wildman–Crippen LogP) is 3.74. The zero-order valence-electron chi connectivity index (χ0n) is 14.2. The van der Waals surface area contributed by atoms with Gasteiger partial charge in [0, 0.05) is 0 Å². The van der Waals surface area contributed by atoms with Crippen LogP contribution in [-0.4, -0.2) is 35.7 Å². The van der Waals surface area contributed by atoms with Crippen LogP contribution in [0.2, 0.25) is 0 Å². The van der Waals surface area contributed by atoms with Crippen LogP contribution in [0, 0.1) is 0 Å². The molecule has 0 bridgehead atoms. The van der Waals surface area contributed by atoms with E-state index in [1.54, 1.807) is 0 Å². The third-order valence-electron chi connectivity index (χ3n) is 4.38. The van der Waals surface area contributed by atoms with Gasteiger partial charge in [0.25, 0.3) is 0 Å². The van der Waals surface area contributed by atoms with Gasteiger partial charge in [0.15, 0.2) is 0 Å². The van der Waals surface area contributed by atoms with E-state index in [0.29, 0.717) is 0 Å². The first-order valence-electron chi connectivity index (χ1n) is 8.45. The van der Waals surface area contributed by atoms with Gasteiger partial charge in [-0.15, -0.1) is 0 Å². The summed E-state index contributed by atoms with van der Waals surface area (Å²) >= 11 is 0. The van der Waals surface area contributed by atoms with Crippen molar-refractivity contribution in [1.29, 1.82) is 0 Å². The molecule has 0 aromatic heterocycles. The minimum atomic E-state index is -0.489. The second kappa shape index (κ2) is 6.36. The summed E-state index contributed by atoms with van der Waals surface area (Å²) in [6.45, 7) is 7.84. The van der Waals surface area contributed by atoms with Crippen LogP contribution < -0.4 is 5.32 Å². The van der Waals surface area contributed by atoms with E-state index in [4.69, 9.17) is 4.74 Å². The van der Waals surface area contributed by atoms with Crippen molar-refractivity contribution in [3.63, 3.8) is 0 Å². The molecule has 1 amide bonds. The molecule has 4 nitrogen and oxygen atoms in total. The minimum Gasteiger partial charge on any atom is -0.444 e. The smallest absolute Gasteiger partial charge is 0.408 e. The first kappa shape index (κ1) is 16.1. The highest BCUT2D eigenvalue weighted by Crippen LogP contribution is 2.32. The lowest BCUT2D eigenvalue weighted by molar-refractivity contribution is 0.0478. The van der Waals surface area contributed by atoms with Gasteiger partial charge >= 0.3 is 6.09 Å². The highest BCUT2D eigenvalue weighted by molar-refractivity contribution is 5.70. The third kappa shape index (κ3) is 3.75. The third-order valence-corrected chi connectivity index (χ3v) is 4.38. The first-order valence-corrected chi connectivity index (χ1v) is 8.45. The van der Waals surface area contributed by atoms with Gasteiger partial charge in [-0.3, -0.25) is 4.90 Å². The summed E-state index contributed by atoms with van der Waals surface area (Å²) in [7, 11) is 0. The topological polar surface area (TPSA) is 41.6 Å². The number of carbonyl (C=O) groups is 1. The number of hydrogen-bond acceptors (Lipinski definition) is 3. The fourth-order valence-electron chi connectivity index (χ4n) is 3.41. The number of nitrogens with one attached hydrogen (secondary N) is 1. The molecule has 1 heterocycles. The van der Waals surface area contributed by atoms with E-state index in [1.165, 1.54) is 18.4 Å². The Morgan fingerprint density at radius 2 is 1.91 bits per heavy atom. The van der Waals surface area contributed by atoms with Crippen molar-refractivity contribution >= 4 is 12.2 Å². The van der Waals surface area contributed by atoms with Gasteiger partial charge < -0.3 is 10.1 Å². The van der Waals surface area contributed by atoms with Gasteiger partial charge in [0.05, 0.1) is 12.1 Å².